The second-order valence-corrected chi connectivity index (χ2v) is 6.43. The Morgan fingerprint density at radius 2 is 1.54 bits per heavy atom. The lowest BCUT2D eigenvalue weighted by Gasteiger charge is -2.10. The Balaban J connectivity index is 1.78. The molecule has 7 nitrogen and oxygen atoms in total. The van der Waals surface area contributed by atoms with Crippen LogP contribution in [0.15, 0.2) is 54.6 Å². The van der Waals surface area contributed by atoms with Gasteiger partial charge in [-0.2, -0.15) is 0 Å². The van der Waals surface area contributed by atoms with Gasteiger partial charge in [-0.3, -0.25) is 9.59 Å². The number of amides is 2. The van der Waals surface area contributed by atoms with Crippen molar-refractivity contribution in [3.63, 3.8) is 0 Å². The summed E-state index contributed by atoms with van der Waals surface area (Å²) in [5.41, 5.74) is 4.08. The van der Waals surface area contributed by atoms with Gasteiger partial charge >= 0.3 is 0 Å². The number of hydrogen-bond donors (Lipinski definition) is 3. The van der Waals surface area contributed by atoms with Crippen molar-refractivity contribution in [3.05, 3.63) is 71.5 Å². The highest BCUT2D eigenvalue weighted by Gasteiger charge is 2.11. The highest BCUT2D eigenvalue weighted by molar-refractivity contribution is 6.03. The summed E-state index contributed by atoms with van der Waals surface area (Å²) in [5.74, 6) is -0.169. The topological polar surface area (TPSA) is 96.0 Å². The Morgan fingerprint density at radius 3 is 2.25 bits per heavy atom. The van der Waals surface area contributed by atoms with Crippen molar-refractivity contribution in [1.82, 2.24) is 9.97 Å². The number of hydrogen-bond acceptors (Lipinski definition) is 5. The molecule has 0 saturated heterocycles. The van der Waals surface area contributed by atoms with Gasteiger partial charge in [0.1, 0.15) is 5.69 Å². The van der Waals surface area contributed by atoms with Crippen LogP contribution in [0.1, 0.15) is 28.7 Å². The van der Waals surface area contributed by atoms with Crippen LogP contribution in [0.2, 0.25) is 0 Å². The third-order valence-electron chi connectivity index (χ3n) is 3.84. The molecule has 0 aliphatic carbocycles. The maximum absolute atomic E-state index is 12.6. The van der Waals surface area contributed by atoms with Gasteiger partial charge in [0.15, 0.2) is 0 Å². The summed E-state index contributed by atoms with van der Waals surface area (Å²) in [7, 11) is 0. The summed E-state index contributed by atoms with van der Waals surface area (Å²) < 4.78 is 0. The van der Waals surface area contributed by atoms with Gasteiger partial charge in [-0.1, -0.05) is 23.8 Å². The lowest BCUT2D eigenvalue weighted by atomic mass is 10.2. The van der Waals surface area contributed by atoms with Gasteiger partial charge in [0.25, 0.3) is 5.91 Å². The number of nitrogens with one attached hydrogen (secondary N) is 3. The van der Waals surface area contributed by atoms with Gasteiger partial charge in [0, 0.05) is 29.7 Å². The van der Waals surface area contributed by atoms with Crippen molar-refractivity contribution in [2.45, 2.75) is 20.8 Å². The second-order valence-electron chi connectivity index (χ2n) is 6.43. The molecule has 1 heterocycles. The van der Waals surface area contributed by atoms with E-state index >= 15 is 0 Å². The summed E-state index contributed by atoms with van der Waals surface area (Å²) in [6, 6.07) is 16.3. The Kier molecular flexibility index (Phi) is 5.64. The molecule has 0 atom stereocenters. The molecule has 1 aromatic heterocycles. The van der Waals surface area contributed by atoms with Crippen molar-refractivity contribution in [3.8, 4) is 0 Å². The smallest absolute Gasteiger partial charge is 0.274 e. The van der Waals surface area contributed by atoms with Crippen LogP contribution in [-0.2, 0) is 4.79 Å². The number of aromatic nitrogens is 2. The monoisotopic (exact) mass is 375 g/mol. The summed E-state index contributed by atoms with van der Waals surface area (Å²) in [5, 5.41) is 8.62. The lowest BCUT2D eigenvalue weighted by Crippen LogP contribution is -2.15. The molecule has 0 radical (unpaired) electrons. The van der Waals surface area contributed by atoms with E-state index in [0.717, 1.165) is 5.56 Å². The molecule has 0 unspecified atom stereocenters. The number of carbonyl (C=O) groups is 2. The molecular formula is C21H21N5O2. The van der Waals surface area contributed by atoms with Crippen LogP contribution in [-0.4, -0.2) is 21.8 Å². The first-order chi connectivity index (χ1) is 13.4. The number of aryl methyl sites for hydroxylation is 2. The molecule has 0 aliphatic heterocycles. The Morgan fingerprint density at radius 1 is 0.821 bits per heavy atom. The maximum atomic E-state index is 12.6. The SMILES string of the molecule is CC(=O)Nc1cccc(Nc2nc(C)cc(C(=O)Nc3ccc(C)cc3)n2)c1. The van der Waals surface area contributed by atoms with Gasteiger partial charge in [-0.25, -0.2) is 9.97 Å². The average molecular weight is 375 g/mol. The number of rotatable bonds is 5. The zero-order chi connectivity index (χ0) is 20.1. The van der Waals surface area contributed by atoms with Gasteiger partial charge < -0.3 is 16.0 Å². The molecule has 142 valence electrons. The van der Waals surface area contributed by atoms with Crippen LogP contribution in [0.4, 0.5) is 23.0 Å². The van der Waals surface area contributed by atoms with Crippen LogP contribution >= 0.6 is 0 Å². The first kappa shape index (κ1) is 19.0. The molecule has 7 heteroatoms. The quantitative estimate of drug-likeness (QED) is 0.625. The number of benzene rings is 2. The molecule has 3 N–H and O–H groups in total. The van der Waals surface area contributed by atoms with E-state index in [2.05, 4.69) is 25.9 Å². The third kappa shape index (κ3) is 5.14. The molecular weight excluding hydrogens is 354 g/mol. The molecule has 0 saturated carbocycles. The van der Waals surface area contributed by atoms with Crippen LogP contribution in [0.3, 0.4) is 0 Å². The average Bonchev–Trinajstić information content (AvgIpc) is 2.63. The van der Waals surface area contributed by atoms with E-state index in [4.69, 9.17) is 0 Å². The zero-order valence-corrected chi connectivity index (χ0v) is 15.9. The van der Waals surface area contributed by atoms with Crippen LogP contribution in [0, 0.1) is 13.8 Å². The Hall–Kier alpha value is -3.74. The van der Waals surface area contributed by atoms with Gasteiger partial charge in [0.05, 0.1) is 0 Å². The van der Waals surface area contributed by atoms with Crippen LogP contribution in [0.25, 0.3) is 0 Å². The standard InChI is InChI=1S/C21H21N5O2/c1-13-7-9-16(10-8-13)24-20(28)19-11-14(2)22-21(26-19)25-18-6-4-5-17(12-18)23-15(3)27/h4-12H,1-3H3,(H,23,27)(H,24,28)(H,22,25,26). The minimum atomic E-state index is -0.315. The minimum absolute atomic E-state index is 0.154. The fraction of sp³-hybridized carbons (Fsp3) is 0.143. The van der Waals surface area contributed by atoms with Crippen molar-refractivity contribution in [2.24, 2.45) is 0 Å². The molecule has 0 aliphatic rings. The predicted molar refractivity (Wildman–Crippen MR) is 110 cm³/mol. The van der Waals surface area contributed by atoms with Crippen LogP contribution in [0.5, 0.6) is 0 Å². The maximum Gasteiger partial charge on any atom is 0.274 e. The van der Waals surface area contributed by atoms with E-state index in [1.165, 1.54) is 6.92 Å². The molecule has 28 heavy (non-hydrogen) atoms. The largest absolute Gasteiger partial charge is 0.326 e. The summed E-state index contributed by atoms with van der Waals surface area (Å²) in [6.07, 6.45) is 0. The van der Waals surface area contributed by atoms with E-state index in [0.29, 0.717) is 28.7 Å². The number of carbonyl (C=O) groups excluding carboxylic acids is 2. The molecule has 3 rings (SSSR count). The summed E-state index contributed by atoms with van der Waals surface area (Å²) in [6.45, 7) is 5.23. The van der Waals surface area contributed by atoms with E-state index in [9.17, 15) is 9.59 Å². The highest BCUT2D eigenvalue weighted by Crippen LogP contribution is 2.19. The van der Waals surface area contributed by atoms with Crippen molar-refractivity contribution in [1.29, 1.82) is 0 Å². The lowest BCUT2D eigenvalue weighted by molar-refractivity contribution is -0.114. The molecule has 0 fully saturated rings. The van der Waals surface area contributed by atoms with E-state index in [1.54, 1.807) is 31.2 Å². The minimum Gasteiger partial charge on any atom is -0.326 e. The predicted octanol–water partition coefficient (Wildman–Crippen LogP) is 4.05. The summed E-state index contributed by atoms with van der Waals surface area (Å²) in [4.78, 5) is 32.4. The third-order valence-corrected chi connectivity index (χ3v) is 3.84. The Bertz CT molecular complexity index is 1020. The van der Waals surface area contributed by atoms with E-state index in [1.807, 2.05) is 37.3 Å². The first-order valence-electron chi connectivity index (χ1n) is 8.77. The van der Waals surface area contributed by atoms with Gasteiger partial charge in [-0.05, 0) is 50.2 Å². The molecule has 3 aromatic rings. The van der Waals surface area contributed by atoms with Crippen molar-refractivity contribution < 1.29 is 9.59 Å². The van der Waals surface area contributed by atoms with Crippen LogP contribution < -0.4 is 16.0 Å². The van der Waals surface area contributed by atoms with Gasteiger partial charge in [-0.15, -0.1) is 0 Å². The fourth-order valence-electron chi connectivity index (χ4n) is 2.58. The fourth-order valence-corrected chi connectivity index (χ4v) is 2.58. The Labute approximate surface area is 163 Å². The normalized spacial score (nSPS) is 10.2. The summed E-state index contributed by atoms with van der Waals surface area (Å²) >= 11 is 0. The molecule has 2 aromatic carbocycles. The van der Waals surface area contributed by atoms with Crippen molar-refractivity contribution >= 4 is 34.8 Å². The van der Waals surface area contributed by atoms with Crippen molar-refractivity contribution in [2.75, 3.05) is 16.0 Å². The second kappa shape index (κ2) is 8.30. The number of anilines is 4. The van der Waals surface area contributed by atoms with E-state index < -0.39 is 0 Å². The number of nitrogens with zero attached hydrogens (tertiary/aromatic N) is 2. The van der Waals surface area contributed by atoms with E-state index in [-0.39, 0.29) is 17.5 Å². The van der Waals surface area contributed by atoms with Gasteiger partial charge in [0.2, 0.25) is 11.9 Å². The highest BCUT2D eigenvalue weighted by atomic mass is 16.2. The molecule has 2 amide bonds. The first-order valence-corrected chi connectivity index (χ1v) is 8.77. The zero-order valence-electron chi connectivity index (χ0n) is 15.9. The molecule has 0 bridgehead atoms. The molecule has 0 spiro atoms.